The molecule has 1 fully saturated rings. The number of rotatable bonds is 3. The van der Waals surface area contributed by atoms with Crippen LogP contribution >= 0.6 is 0 Å². The van der Waals surface area contributed by atoms with E-state index in [2.05, 4.69) is 41.1 Å². The Kier molecular flexibility index (Phi) is 5.38. The van der Waals surface area contributed by atoms with Gasteiger partial charge in [0.05, 0.1) is 5.69 Å². The Morgan fingerprint density at radius 2 is 2.04 bits per heavy atom. The number of carbonyl (C=O) groups excluding carboxylic acids is 1. The molecule has 1 aliphatic rings. The number of carbonyl (C=O) groups is 1. The fourth-order valence-electron chi connectivity index (χ4n) is 2.24. The van der Waals surface area contributed by atoms with Crippen LogP contribution in [0.4, 0.5) is 5.82 Å². The normalized spacial score (nSPS) is 13.1. The summed E-state index contributed by atoms with van der Waals surface area (Å²) in [6, 6.07) is 3.74. The highest BCUT2D eigenvalue weighted by molar-refractivity contribution is 5.93. The molecule has 1 amide bonds. The fraction of sp³-hybridized carbons (Fsp3) is 0.500. The average molecular weight is 312 g/mol. The molecular formula is C18H24N4O. The van der Waals surface area contributed by atoms with E-state index >= 15 is 0 Å². The van der Waals surface area contributed by atoms with Crippen molar-refractivity contribution in [3.8, 4) is 11.8 Å². The van der Waals surface area contributed by atoms with Crippen LogP contribution in [0.2, 0.25) is 0 Å². The standard InChI is InChI=1S/C16H18N4O.C2H6/c1-4-5-12-8-15-17-14(18-16(21)11-6-7-11)9-13(10(2)3)20(15)19-12;1-2/h8-11H,6-7H2,1-3H3,(H,17,18,21);1-2H3. The molecule has 2 aromatic heterocycles. The van der Waals surface area contributed by atoms with Crippen molar-refractivity contribution in [2.75, 3.05) is 5.32 Å². The van der Waals surface area contributed by atoms with Gasteiger partial charge >= 0.3 is 0 Å². The first-order chi connectivity index (χ1) is 11.1. The molecular weight excluding hydrogens is 288 g/mol. The van der Waals surface area contributed by atoms with Crippen LogP contribution in [-0.4, -0.2) is 20.5 Å². The third-order valence-corrected chi connectivity index (χ3v) is 3.50. The van der Waals surface area contributed by atoms with E-state index < -0.39 is 0 Å². The van der Waals surface area contributed by atoms with Crippen LogP contribution in [0.5, 0.6) is 0 Å². The van der Waals surface area contributed by atoms with Gasteiger partial charge in [0.2, 0.25) is 5.91 Å². The zero-order valence-corrected chi connectivity index (χ0v) is 14.5. The van der Waals surface area contributed by atoms with Gasteiger partial charge in [0.25, 0.3) is 0 Å². The molecule has 0 radical (unpaired) electrons. The molecule has 5 nitrogen and oxygen atoms in total. The van der Waals surface area contributed by atoms with Gasteiger partial charge in [-0.25, -0.2) is 9.50 Å². The number of amides is 1. The molecule has 0 aliphatic heterocycles. The van der Waals surface area contributed by atoms with Gasteiger partial charge in [0.15, 0.2) is 5.65 Å². The second-order valence-corrected chi connectivity index (χ2v) is 5.66. The van der Waals surface area contributed by atoms with Crippen molar-refractivity contribution in [2.45, 2.75) is 53.4 Å². The fourth-order valence-corrected chi connectivity index (χ4v) is 2.24. The van der Waals surface area contributed by atoms with Gasteiger partial charge in [-0.1, -0.05) is 33.6 Å². The van der Waals surface area contributed by atoms with Gasteiger partial charge in [-0.3, -0.25) is 4.79 Å². The van der Waals surface area contributed by atoms with Crippen molar-refractivity contribution in [1.29, 1.82) is 0 Å². The summed E-state index contributed by atoms with van der Waals surface area (Å²) in [6.45, 7) is 9.96. The SMILES string of the molecule is CC.CC#Cc1cc2nc(NC(=O)C3CC3)cc(C(C)C)n2n1. The molecule has 2 heterocycles. The maximum absolute atomic E-state index is 11.9. The Morgan fingerprint density at radius 3 is 2.61 bits per heavy atom. The second kappa shape index (κ2) is 7.28. The lowest BCUT2D eigenvalue weighted by atomic mass is 10.1. The van der Waals surface area contributed by atoms with Crippen LogP contribution in [0.25, 0.3) is 5.65 Å². The highest BCUT2D eigenvalue weighted by Gasteiger charge is 2.30. The van der Waals surface area contributed by atoms with Crippen molar-refractivity contribution < 1.29 is 4.79 Å². The van der Waals surface area contributed by atoms with Crippen LogP contribution in [0, 0.1) is 17.8 Å². The third-order valence-electron chi connectivity index (χ3n) is 3.50. The zero-order chi connectivity index (χ0) is 17.0. The summed E-state index contributed by atoms with van der Waals surface area (Å²) >= 11 is 0. The van der Waals surface area contributed by atoms with Gasteiger partial charge in [-0.15, -0.1) is 0 Å². The predicted molar refractivity (Wildman–Crippen MR) is 92.3 cm³/mol. The summed E-state index contributed by atoms with van der Waals surface area (Å²) in [5.74, 6) is 6.88. The van der Waals surface area contributed by atoms with E-state index in [9.17, 15) is 4.79 Å². The smallest absolute Gasteiger partial charge is 0.228 e. The van der Waals surface area contributed by atoms with E-state index in [0.29, 0.717) is 17.2 Å². The molecule has 5 heteroatoms. The van der Waals surface area contributed by atoms with E-state index in [1.54, 1.807) is 11.4 Å². The van der Waals surface area contributed by atoms with E-state index in [1.165, 1.54) is 0 Å². The molecule has 0 aromatic carbocycles. The van der Waals surface area contributed by atoms with Gasteiger partial charge < -0.3 is 5.32 Å². The topological polar surface area (TPSA) is 59.3 Å². The minimum Gasteiger partial charge on any atom is -0.310 e. The van der Waals surface area contributed by atoms with Crippen molar-refractivity contribution in [3.05, 3.63) is 23.5 Å². The molecule has 122 valence electrons. The Morgan fingerprint density at radius 1 is 1.35 bits per heavy atom. The molecule has 0 saturated heterocycles. The number of nitrogens with one attached hydrogen (secondary N) is 1. The number of hydrogen-bond donors (Lipinski definition) is 1. The third kappa shape index (κ3) is 3.89. The van der Waals surface area contributed by atoms with Gasteiger partial charge in [0.1, 0.15) is 11.5 Å². The van der Waals surface area contributed by atoms with Crippen molar-refractivity contribution in [2.24, 2.45) is 5.92 Å². The molecule has 0 unspecified atom stereocenters. The molecule has 0 spiro atoms. The van der Waals surface area contributed by atoms with E-state index in [4.69, 9.17) is 0 Å². The first-order valence-corrected chi connectivity index (χ1v) is 8.23. The van der Waals surface area contributed by atoms with Crippen LogP contribution in [0.15, 0.2) is 12.1 Å². The number of hydrogen-bond acceptors (Lipinski definition) is 3. The molecule has 1 aliphatic carbocycles. The first-order valence-electron chi connectivity index (χ1n) is 8.23. The highest BCUT2D eigenvalue weighted by Crippen LogP contribution is 2.30. The lowest BCUT2D eigenvalue weighted by molar-refractivity contribution is -0.117. The average Bonchev–Trinajstić information content (AvgIpc) is 3.30. The van der Waals surface area contributed by atoms with E-state index in [0.717, 1.165) is 18.5 Å². The van der Waals surface area contributed by atoms with E-state index in [1.807, 2.05) is 26.0 Å². The summed E-state index contributed by atoms with van der Waals surface area (Å²) < 4.78 is 1.80. The number of fused-ring (bicyclic) bond motifs is 1. The quantitative estimate of drug-likeness (QED) is 0.881. The lowest BCUT2D eigenvalue weighted by Crippen LogP contribution is -2.15. The number of anilines is 1. The van der Waals surface area contributed by atoms with Crippen LogP contribution < -0.4 is 5.32 Å². The first kappa shape index (κ1) is 17.0. The summed E-state index contributed by atoms with van der Waals surface area (Å²) in [5.41, 5.74) is 2.41. The Labute approximate surface area is 137 Å². The summed E-state index contributed by atoms with van der Waals surface area (Å²) in [4.78, 5) is 16.4. The Hall–Kier alpha value is -2.35. The minimum absolute atomic E-state index is 0.0645. The largest absolute Gasteiger partial charge is 0.310 e. The summed E-state index contributed by atoms with van der Waals surface area (Å²) in [6.07, 6.45) is 1.96. The predicted octanol–water partition coefficient (Wildman–Crippen LogP) is 3.60. The highest BCUT2D eigenvalue weighted by atomic mass is 16.2. The number of aromatic nitrogens is 3. The maximum atomic E-state index is 11.9. The van der Waals surface area contributed by atoms with Crippen LogP contribution in [0.3, 0.4) is 0 Å². The molecule has 1 saturated carbocycles. The van der Waals surface area contributed by atoms with Gasteiger partial charge in [-0.2, -0.15) is 5.10 Å². The summed E-state index contributed by atoms with van der Waals surface area (Å²) in [5, 5.41) is 7.36. The maximum Gasteiger partial charge on any atom is 0.228 e. The van der Waals surface area contributed by atoms with Crippen molar-refractivity contribution >= 4 is 17.4 Å². The molecule has 0 atom stereocenters. The summed E-state index contributed by atoms with van der Waals surface area (Å²) in [7, 11) is 0. The van der Waals surface area contributed by atoms with E-state index in [-0.39, 0.29) is 17.7 Å². The monoisotopic (exact) mass is 312 g/mol. The molecule has 0 bridgehead atoms. The number of nitrogens with zero attached hydrogens (tertiary/aromatic N) is 3. The Bertz CT molecular complexity index is 760. The van der Waals surface area contributed by atoms with Gasteiger partial charge in [-0.05, 0) is 31.6 Å². The Balaban J connectivity index is 0.000000924. The van der Waals surface area contributed by atoms with Crippen LogP contribution in [-0.2, 0) is 4.79 Å². The lowest BCUT2D eigenvalue weighted by Gasteiger charge is -2.11. The molecule has 3 rings (SSSR count). The van der Waals surface area contributed by atoms with Gasteiger partial charge in [0, 0.05) is 18.1 Å². The van der Waals surface area contributed by atoms with Crippen LogP contribution in [0.1, 0.15) is 64.8 Å². The molecule has 23 heavy (non-hydrogen) atoms. The zero-order valence-electron chi connectivity index (χ0n) is 14.5. The van der Waals surface area contributed by atoms with Crippen molar-refractivity contribution in [1.82, 2.24) is 14.6 Å². The van der Waals surface area contributed by atoms with Crippen molar-refractivity contribution in [3.63, 3.8) is 0 Å². The second-order valence-electron chi connectivity index (χ2n) is 5.66. The minimum atomic E-state index is 0.0645. The molecule has 2 aromatic rings. The molecule has 1 N–H and O–H groups in total.